The number of aryl methyl sites for hydroxylation is 1. The molecule has 106 valence electrons. The fraction of sp³-hybridized carbons (Fsp3) is 0.188. The van der Waals surface area contributed by atoms with E-state index in [1.807, 2.05) is 12.1 Å². The van der Waals surface area contributed by atoms with Crippen LogP contribution in [0, 0.1) is 10.1 Å². The SMILES string of the molecule is O=[N+]([O-])c1ccccc1NN=C1CCCc2ccccc21. The van der Waals surface area contributed by atoms with Crippen LogP contribution in [0.1, 0.15) is 24.0 Å². The van der Waals surface area contributed by atoms with Crippen LogP contribution >= 0.6 is 0 Å². The molecule has 2 aromatic rings. The summed E-state index contributed by atoms with van der Waals surface area (Å²) in [5, 5.41) is 15.4. The third-order valence-corrected chi connectivity index (χ3v) is 3.60. The van der Waals surface area contributed by atoms with Crippen molar-refractivity contribution in [3.05, 3.63) is 69.8 Å². The van der Waals surface area contributed by atoms with Crippen LogP contribution in [0.3, 0.4) is 0 Å². The zero-order chi connectivity index (χ0) is 14.7. The Morgan fingerprint density at radius 1 is 1.05 bits per heavy atom. The first-order chi connectivity index (χ1) is 10.3. The van der Waals surface area contributed by atoms with E-state index in [0.29, 0.717) is 5.69 Å². The third kappa shape index (κ3) is 2.76. The van der Waals surface area contributed by atoms with Crippen LogP contribution in [0.2, 0.25) is 0 Å². The highest BCUT2D eigenvalue weighted by atomic mass is 16.6. The first-order valence-corrected chi connectivity index (χ1v) is 6.90. The highest BCUT2D eigenvalue weighted by Crippen LogP contribution is 2.25. The molecule has 2 aromatic carbocycles. The first kappa shape index (κ1) is 13.3. The molecule has 0 saturated carbocycles. The number of nitrogens with zero attached hydrogens (tertiary/aromatic N) is 2. The molecule has 0 radical (unpaired) electrons. The van der Waals surface area contributed by atoms with Crippen molar-refractivity contribution in [3.8, 4) is 0 Å². The molecule has 0 spiro atoms. The lowest BCUT2D eigenvalue weighted by atomic mass is 9.90. The van der Waals surface area contributed by atoms with Crippen molar-refractivity contribution in [2.45, 2.75) is 19.3 Å². The first-order valence-electron chi connectivity index (χ1n) is 6.90. The summed E-state index contributed by atoms with van der Waals surface area (Å²) < 4.78 is 0. The Hall–Kier alpha value is -2.69. The molecule has 0 amide bonds. The van der Waals surface area contributed by atoms with Crippen LogP contribution < -0.4 is 5.43 Å². The molecular weight excluding hydrogens is 266 g/mol. The van der Waals surface area contributed by atoms with Crippen molar-refractivity contribution in [2.75, 3.05) is 5.43 Å². The second-order valence-corrected chi connectivity index (χ2v) is 4.96. The Bertz CT molecular complexity index is 710. The van der Waals surface area contributed by atoms with E-state index in [1.165, 1.54) is 11.6 Å². The van der Waals surface area contributed by atoms with Gasteiger partial charge in [0, 0.05) is 11.6 Å². The lowest BCUT2D eigenvalue weighted by molar-refractivity contribution is -0.384. The van der Waals surface area contributed by atoms with Crippen molar-refractivity contribution in [2.24, 2.45) is 5.10 Å². The third-order valence-electron chi connectivity index (χ3n) is 3.60. The summed E-state index contributed by atoms with van der Waals surface area (Å²) in [5.74, 6) is 0. The number of rotatable bonds is 3. The highest BCUT2D eigenvalue weighted by Gasteiger charge is 2.16. The van der Waals surface area contributed by atoms with Gasteiger partial charge in [0.25, 0.3) is 5.69 Å². The molecule has 1 N–H and O–H groups in total. The molecule has 3 rings (SSSR count). The molecule has 1 aliphatic rings. The average Bonchev–Trinajstić information content (AvgIpc) is 2.53. The van der Waals surface area contributed by atoms with Gasteiger partial charge in [-0.1, -0.05) is 36.4 Å². The van der Waals surface area contributed by atoms with E-state index in [-0.39, 0.29) is 5.69 Å². The Labute approximate surface area is 122 Å². The minimum Gasteiger partial charge on any atom is -0.271 e. The molecule has 0 aliphatic heterocycles. The number of hydrogen-bond acceptors (Lipinski definition) is 4. The predicted octanol–water partition coefficient (Wildman–Crippen LogP) is 3.75. The number of para-hydroxylation sites is 2. The number of anilines is 1. The van der Waals surface area contributed by atoms with Gasteiger partial charge in [-0.25, -0.2) is 0 Å². The maximum Gasteiger partial charge on any atom is 0.294 e. The number of nitrogens with one attached hydrogen (secondary N) is 1. The van der Waals surface area contributed by atoms with Crippen LogP contribution in [0.5, 0.6) is 0 Å². The second-order valence-electron chi connectivity index (χ2n) is 4.96. The van der Waals surface area contributed by atoms with Gasteiger partial charge in [-0.2, -0.15) is 5.10 Å². The second kappa shape index (κ2) is 5.75. The van der Waals surface area contributed by atoms with E-state index in [4.69, 9.17) is 0 Å². The quantitative estimate of drug-likeness (QED) is 0.688. The summed E-state index contributed by atoms with van der Waals surface area (Å²) in [6.45, 7) is 0. The van der Waals surface area contributed by atoms with Gasteiger partial charge >= 0.3 is 0 Å². The normalized spacial score (nSPS) is 15.5. The molecule has 0 saturated heterocycles. The average molecular weight is 281 g/mol. The Morgan fingerprint density at radius 3 is 2.67 bits per heavy atom. The fourth-order valence-corrected chi connectivity index (χ4v) is 2.57. The molecule has 0 unspecified atom stereocenters. The number of hydrogen-bond donors (Lipinski definition) is 1. The van der Waals surface area contributed by atoms with Gasteiger partial charge in [-0.3, -0.25) is 15.5 Å². The van der Waals surface area contributed by atoms with Crippen LogP contribution in [-0.2, 0) is 6.42 Å². The van der Waals surface area contributed by atoms with Crippen molar-refractivity contribution in [1.82, 2.24) is 0 Å². The molecule has 0 fully saturated rings. The topological polar surface area (TPSA) is 67.5 Å². The van der Waals surface area contributed by atoms with E-state index >= 15 is 0 Å². The summed E-state index contributed by atoms with van der Waals surface area (Å²) in [7, 11) is 0. The summed E-state index contributed by atoms with van der Waals surface area (Å²) in [4.78, 5) is 10.6. The summed E-state index contributed by atoms with van der Waals surface area (Å²) in [6.07, 6.45) is 2.99. The molecule has 5 heteroatoms. The zero-order valence-electron chi connectivity index (χ0n) is 11.5. The Balaban J connectivity index is 1.90. The molecule has 0 atom stereocenters. The minimum absolute atomic E-state index is 0.0333. The number of hydrazone groups is 1. The monoisotopic (exact) mass is 281 g/mol. The largest absolute Gasteiger partial charge is 0.294 e. The molecule has 0 bridgehead atoms. The smallest absolute Gasteiger partial charge is 0.271 e. The lowest BCUT2D eigenvalue weighted by Crippen LogP contribution is -2.13. The number of nitro groups is 1. The van der Waals surface area contributed by atoms with E-state index < -0.39 is 4.92 Å². The molecule has 21 heavy (non-hydrogen) atoms. The molecule has 5 nitrogen and oxygen atoms in total. The maximum absolute atomic E-state index is 11.0. The maximum atomic E-state index is 11.0. The standard InChI is InChI=1S/C16H15N3O2/c20-19(21)16-11-4-3-9-15(16)18-17-14-10-5-7-12-6-1-2-8-13(12)14/h1-4,6,8-9,11,18H,5,7,10H2. The van der Waals surface area contributed by atoms with Gasteiger partial charge in [0.15, 0.2) is 0 Å². The molecule has 0 heterocycles. The summed E-state index contributed by atoms with van der Waals surface area (Å²) >= 11 is 0. The van der Waals surface area contributed by atoms with E-state index in [2.05, 4.69) is 22.7 Å². The minimum atomic E-state index is -0.405. The van der Waals surface area contributed by atoms with Crippen LogP contribution in [-0.4, -0.2) is 10.6 Å². The van der Waals surface area contributed by atoms with Gasteiger partial charge in [-0.15, -0.1) is 0 Å². The van der Waals surface area contributed by atoms with Crippen molar-refractivity contribution in [3.63, 3.8) is 0 Å². The van der Waals surface area contributed by atoms with Crippen LogP contribution in [0.4, 0.5) is 11.4 Å². The number of nitro benzene ring substituents is 1. The fourth-order valence-electron chi connectivity index (χ4n) is 2.57. The van der Waals surface area contributed by atoms with Crippen molar-refractivity contribution >= 4 is 17.1 Å². The van der Waals surface area contributed by atoms with Gasteiger partial charge in [-0.05, 0) is 30.9 Å². The number of fused-ring (bicyclic) bond motifs is 1. The van der Waals surface area contributed by atoms with E-state index in [0.717, 1.165) is 30.5 Å². The Kier molecular flexibility index (Phi) is 3.64. The van der Waals surface area contributed by atoms with Gasteiger partial charge in [0.05, 0.1) is 10.6 Å². The predicted molar refractivity (Wildman–Crippen MR) is 82.6 cm³/mol. The highest BCUT2D eigenvalue weighted by molar-refractivity contribution is 6.03. The van der Waals surface area contributed by atoms with Crippen LogP contribution in [0.15, 0.2) is 53.6 Å². The molecule has 1 aliphatic carbocycles. The van der Waals surface area contributed by atoms with E-state index in [9.17, 15) is 10.1 Å². The van der Waals surface area contributed by atoms with Gasteiger partial charge in [0.1, 0.15) is 5.69 Å². The molecular formula is C16H15N3O2. The summed E-state index contributed by atoms with van der Waals surface area (Å²) in [5.41, 5.74) is 6.67. The zero-order valence-corrected chi connectivity index (χ0v) is 11.5. The van der Waals surface area contributed by atoms with Gasteiger partial charge < -0.3 is 0 Å². The van der Waals surface area contributed by atoms with Crippen molar-refractivity contribution in [1.29, 1.82) is 0 Å². The van der Waals surface area contributed by atoms with Crippen LogP contribution in [0.25, 0.3) is 0 Å². The number of benzene rings is 2. The summed E-state index contributed by atoms with van der Waals surface area (Å²) in [6, 6.07) is 14.7. The Morgan fingerprint density at radius 2 is 1.81 bits per heavy atom. The van der Waals surface area contributed by atoms with Gasteiger partial charge in [0.2, 0.25) is 0 Å². The molecule has 0 aromatic heterocycles. The lowest BCUT2D eigenvalue weighted by Gasteiger charge is -2.17. The van der Waals surface area contributed by atoms with Crippen molar-refractivity contribution < 1.29 is 4.92 Å². The van der Waals surface area contributed by atoms with E-state index in [1.54, 1.807) is 18.2 Å².